The number of Topliss-reactive ketones (excluding diaryl/α,β-unsaturated/α-hetero) is 1. The van der Waals surface area contributed by atoms with Gasteiger partial charge in [-0.2, -0.15) is 0 Å². The fourth-order valence-electron chi connectivity index (χ4n) is 5.19. The van der Waals surface area contributed by atoms with Crippen LogP contribution in [0.5, 0.6) is 0 Å². The van der Waals surface area contributed by atoms with Gasteiger partial charge in [0.1, 0.15) is 5.60 Å². The minimum Gasteiger partial charge on any atom is -0.444 e. The van der Waals surface area contributed by atoms with Gasteiger partial charge in [-0.3, -0.25) is 19.5 Å². The Balaban J connectivity index is 1.47. The first-order valence-corrected chi connectivity index (χ1v) is 11.1. The van der Waals surface area contributed by atoms with Gasteiger partial charge in [-0.25, -0.2) is 4.79 Å². The van der Waals surface area contributed by atoms with Gasteiger partial charge in [-0.15, -0.1) is 0 Å². The van der Waals surface area contributed by atoms with Crippen LogP contribution in [0.3, 0.4) is 0 Å². The van der Waals surface area contributed by atoms with Crippen LogP contribution in [-0.4, -0.2) is 46.6 Å². The van der Waals surface area contributed by atoms with Crippen molar-refractivity contribution in [2.24, 2.45) is 22.6 Å². The van der Waals surface area contributed by atoms with Gasteiger partial charge in [0.25, 0.3) is 0 Å². The van der Waals surface area contributed by atoms with Crippen LogP contribution < -0.4 is 5.73 Å². The summed E-state index contributed by atoms with van der Waals surface area (Å²) in [5, 5.41) is 0. The zero-order valence-corrected chi connectivity index (χ0v) is 18.5. The first kappa shape index (κ1) is 21.5. The molecule has 0 aromatic heterocycles. The smallest absolute Gasteiger partial charge is 0.411 e. The minimum atomic E-state index is -0.625. The lowest BCUT2D eigenvalue weighted by atomic mass is 9.86. The molecule has 2 N–H and O–H groups in total. The van der Waals surface area contributed by atoms with E-state index in [1.54, 1.807) is 4.90 Å². The average Bonchev–Trinajstić information content (AvgIpc) is 3.40. The lowest BCUT2D eigenvalue weighted by molar-refractivity contribution is -0.131. The number of carbonyl (C=O) groups excluding carboxylic acids is 3. The predicted octanol–water partition coefficient (Wildman–Crippen LogP) is 3.01. The SMILES string of the molecule is CC(C)(C)OC(=O)N1[C@@H]2CC[C@@H](C2)[C@H]1C(=O)CC(Cc1ccc2c(c1)CN=C2)C(N)=O. The van der Waals surface area contributed by atoms with Gasteiger partial charge in [-0.1, -0.05) is 18.2 Å². The van der Waals surface area contributed by atoms with Gasteiger partial charge in [0.15, 0.2) is 5.78 Å². The maximum atomic E-state index is 13.3. The molecule has 2 amide bonds. The molecule has 7 heteroatoms. The summed E-state index contributed by atoms with van der Waals surface area (Å²) >= 11 is 0. The van der Waals surface area contributed by atoms with Crippen molar-refractivity contribution in [1.29, 1.82) is 0 Å². The Morgan fingerprint density at radius 1 is 1.26 bits per heavy atom. The Morgan fingerprint density at radius 2 is 2.03 bits per heavy atom. The van der Waals surface area contributed by atoms with Crippen LogP contribution in [0.15, 0.2) is 23.2 Å². The van der Waals surface area contributed by atoms with E-state index in [9.17, 15) is 14.4 Å². The summed E-state index contributed by atoms with van der Waals surface area (Å²) in [6, 6.07) is 5.50. The van der Waals surface area contributed by atoms with E-state index in [4.69, 9.17) is 10.5 Å². The van der Waals surface area contributed by atoms with Crippen molar-refractivity contribution in [2.75, 3.05) is 0 Å². The molecular weight excluding hydrogens is 394 g/mol. The summed E-state index contributed by atoms with van der Waals surface area (Å²) in [7, 11) is 0. The molecule has 3 aliphatic rings. The molecule has 1 aromatic rings. The van der Waals surface area contributed by atoms with E-state index < -0.39 is 29.6 Å². The molecule has 4 rings (SSSR count). The van der Waals surface area contributed by atoms with E-state index in [-0.39, 0.29) is 24.2 Å². The molecule has 1 aliphatic carbocycles. The Hall–Kier alpha value is -2.70. The van der Waals surface area contributed by atoms with Crippen molar-refractivity contribution >= 4 is 24.0 Å². The lowest BCUT2D eigenvalue weighted by Gasteiger charge is -2.36. The molecule has 2 heterocycles. The number of aliphatic imine (C=N–C) groups is 1. The van der Waals surface area contributed by atoms with Crippen LogP contribution in [0.2, 0.25) is 0 Å². The molecule has 31 heavy (non-hydrogen) atoms. The molecular formula is C24H31N3O4. The molecule has 166 valence electrons. The van der Waals surface area contributed by atoms with Crippen LogP contribution in [-0.2, 0) is 27.3 Å². The number of fused-ring (bicyclic) bond motifs is 3. The topological polar surface area (TPSA) is 102 Å². The molecule has 2 fully saturated rings. The Kier molecular flexibility index (Phi) is 5.62. The van der Waals surface area contributed by atoms with Gasteiger partial charge < -0.3 is 10.5 Å². The molecule has 0 spiro atoms. The number of nitrogens with zero attached hydrogens (tertiary/aromatic N) is 2. The second-order valence-corrected chi connectivity index (χ2v) is 10.0. The minimum absolute atomic E-state index is 0.0378. The van der Waals surface area contributed by atoms with Gasteiger partial charge in [0.2, 0.25) is 5.91 Å². The van der Waals surface area contributed by atoms with Gasteiger partial charge in [0, 0.05) is 24.6 Å². The number of amides is 2. The number of likely N-dealkylation sites (tertiary alicyclic amines) is 1. The number of hydrogen-bond acceptors (Lipinski definition) is 5. The number of primary amides is 1. The molecule has 1 saturated heterocycles. The number of ketones is 1. The van der Waals surface area contributed by atoms with Crippen molar-refractivity contribution in [3.63, 3.8) is 0 Å². The number of rotatable bonds is 6. The third-order valence-electron chi connectivity index (χ3n) is 6.55. The monoisotopic (exact) mass is 425 g/mol. The van der Waals surface area contributed by atoms with Crippen molar-refractivity contribution in [3.8, 4) is 0 Å². The Bertz CT molecular complexity index is 933. The van der Waals surface area contributed by atoms with Crippen LogP contribution in [0.1, 0.15) is 63.1 Å². The van der Waals surface area contributed by atoms with Crippen molar-refractivity contribution < 1.29 is 19.1 Å². The number of carbonyl (C=O) groups is 3. The van der Waals surface area contributed by atoms with E-state index in [2.05, 4.69) is 4.99 Å². The quantitative estimate of drug-likeness (QED) is 0.757. The Labute approximate surface area is 183 Å². The van der Waals surface area contributed by atoms with Gasteiger partial charge in [0.05, 0.1) is 12.6 Å². The molecule has 2 aliphatic heterocycles. The van der Waals surface area contributed by atoms with Crippen molar-refractivity contribution in [1.82, 2.24) is 4.90 Å². The zero-order valence-electron chi connectivity index (χ0n) is 18.5. The number of piperidine rings is 1. The number of nitrogens with two attached hydrogens (primary N) is 1. The highest BCUT2D eigenvalue weighted by molar-refractivity contribution is 5.92. The molecule has 4 atom stereocenters. The van der Waals surface area contributed by atoms with E-state index in [1.165, 1.54) is 0 Å². The molecule has 7 nitrogen and oxygen atoms in total. The first-order valence-electron chi connectivity index (χ1n) is 11.1. The molecule has 1 saturated carbocycles. The second-order valence-electron chi connectivity index (χ2n) is 10.0. The first-order chi connectivity index (χ1) is 14.6. The highest BCUT2D eigenvalue weighted by Gasteiger charge is 2.52. The lowest BCUT2D eigenvalue weighted by Crippen LogP contribution is -2.51. The van der Waals surface area contributed by atoms with E-state index in [0.29, 0.717) is 13.0 Å². The summed E-state index contributed by atoms with van der Waals surface area (Å²) in [6.45, 7) is 6.10. The van der Waals surface area contributed by atoms with Crippen molar-refractivity contribution in [3.05, 3.63) is 34.9 Å². The van der Waals surface area contributed by atoms with Crippen LogP contribution in [0.25, 0.3) is 0 Å². The standard InChI is InChI=1S/C24H31N3O4/c1-24(2,3)31-23(30)27-19-7-6-15(10-19)21(27)20(28)11-17(22(25)29)8-14-4-5-16-12-26-13-18(16)9-14/h4-5,9,12,15,17,19,21H,6-8,10-11,13H2,1-3H3,(H2,25,29)/t15-,17?,19+,21-/m0/s1. The van der Waals surface area contributed by atoms with E-state index in [1.807, 2.05) is 45.2 Å². The summed E-state index contributed by atoms with van der Waals surface area (Å²) < 4.78 is 5.58. The third-order valence-corrected chi connectivity index (χ3v) is 6.55. The normalized spacial score (nSPS) is 24.9. The van der Waals surface area contributed by atoms with Gasteiger partial charge >= 0.3 is 6.09 Å². The van der Waals surface area contributed by atoms with E-state index >= 15 is 0 Å². The summed E-state index contributed by atoms with van der Waals surface area (Å²) in [5.41, 5.74) is 8.23. The summed E-state index contributed by atoms with van der Waals surface area (Å²) in [5.74, 6) is -1.05. The molecule has 0 radical (unpaired) electrons. The molecule has 1 aromatic carbocycles. The predicted molar refractivity (Wildman–Crippen MR) is 117 cm³/mol. The number of benzene rings is 1. The van der Waals surface area contributed by atoms with E-state index in [0.717, 1.165) is 36.0 Å². The average molecular weight is 426 g/mol. The fourth-order valence-corrected chi connectivity index (χ4v) is 5.19. The second kappa shape index (κ2) is 8.09. The summed E-state index contributed by atoms with van der Waals surface area (Å²) in [6.07, 6.45) is 4.48. The zero-order chi connectivity index (χ0) is 22.3. The van der Waals surface area contributed by atoms with Crippen LogP contribution >= 0.6 is 0 Å². The number of hydrogen-bond donors (Lipinski definition) is 1. The fraction of sp³-hybridized carbons (Fsp3) is 0.583. The number of ether oxygens (including phenoxy) is 1. The molecule has 2 bridgehead atoms. The van der Waals surface area contributed by atoms with Crippen LogP contribution in [0, 0.1) is 11.8 Å². The summed E-state index contributed by atoms with van der Waals surface area (Å²) in [4.78, 5) is 44.2. The molecule has 1 unspecified atom stereocenters. The highest BCUT2D eigenvalue weighted by atomic mass is 16.6. The highest BCUT2D eigenvalue weighted by Crippen LogP contribution is 2.44. The van der Waals surface area contributed by atoms with Crippen LogP contribution in [0.4, 0.5) is 4.79 Å². The van der Waals surface area contributed by atoms with Gasteiger partial charge in [-0.05, 0) is 69.1 Å². The largest absolute Gasteiger partial charge is 0.444 e. The maximum absolute atomic E-state index is 13.3. The maximum Gasteiger partial charge on any atom is 0.411 e. The Morgan fingerprint density at radius 3 is 2.74 bits per heavy atom. The third kappa shape index (κ3) is 4.50. The van der Waals surface area contributed by atoms with Crippen molar-refractivity contribution in [2.45, 2.75) is 77.1 Å².